The maximum atomic E-state index is 13.0. The zero-order valence-electron chi connectivity index (χ0n) is 18.1. The van der Waals surface area contributed by atoms with Crippen LogP contribution in [0, 0.1) is 0 Å². The fourth-order valence-electron chi connectivity index (χ4n) is 3.63. The van der Waals surface area contributed by atoms with Crippen molar-refractivity contribution in [2.75, 3.05) is 22.6 Å². The molecule has 1 unspecified atom stereocenters. The number of rotatable bonds is 6. The Morgan fingerprint density at radius 1 is 1.09 bits per heavy atom. The number of nitrogens with zero attached hydrogens (tertiary/aromatic N) is 1. The van der Waals surface area contributed by atoms with Gasteiger partial charge < -0.3 is 10.1 Å². The van der Waals surface area contributed by atoms with E-state index in [0.717, 1.165) is 23.4 Å². The van der Waals surface area contributed by atoms with Gasteiger partial charge in [0.15, 0.2) is 0 Å². The number of ether oxygens (including phenoxy) is 1. The van der Waals surface area contributed by atoms with Crippen LogP contribution in [0.25, 0.3) is 0 Å². The van der Waals surface area contributed by atoms with E-state index >= 15 is 0 Å². The maximum absolute atomic E-state index is 13.0. The Morgan fingerprint density at radius 2 is 1.82 bits per heavy atom. The maximum Gasteiger partial charge on any atom is 0.416 e. The van der Waals surface area contributed by atoms with Crippen LogP contribution in [0.5, 0.6) is 5.75 Å². The van der Waals surface area contributed by atoms with E-state index in [1.165, 1.54) is 23.9 Å². The first-order valence-electron chi connectivity index (χ1n) is 10.5. The van der Waals surface area contributed by atoms with Gasteiger partial charge in [0.25, 0.3) is 5.91 Å². The summed E-state index contributed by atoms with van der Waals surface area (Å²) < 4.78 is 44.4. The number of anilines is 2. The third-order valence-electron chi connectivity index (χ3n) is 5.18. The second-order valence-corrected chi connectivity index (χ2v) is 8.58. The fourth-order valence-corrected chi connectivity index (χ4v) is 4.80. The highest BCUT2D eigenvalue weighted by molar-refractivity contribution is 8.00. The minimum absolute atomic E-state index is 0.0439. The largest absolute Gasteiger partial charge is 0.494 e. The summed E-state index contributed by atoms with van der Waals surface area (Å²) >= 11 is 1.46. The molecule has 3 aromatic rings. The molecule has 176 valence electrons. The number of amides is 2. The van der Waals surface area contributed by atoms with Crippen LogP contribution in [0.2, 0.25) is 0 Å². The molecule has 5 nitrogen and oxygen atoms in total. The average Bonchev–Trinajstić information content (AvgIpc) is 3.21. The Kier molecular flexibility index (Phi) is 6.83. The van der Waals surface area contributed by atoms with Crippen LogP contribution in [0.3, 0.4) is 0 Å². The number of hydrogen-bond donors (Lipinski definition) is 1. The molecule has 0 bridgehead atoms. The average molecular weight is 487 g/mol. The summed E-state index contributed by atoms with van der Waals surface area (Å²) in [6.45, 7) is 2.43. The first-order chi connectivity index (χ1) is 16.3. The number of halogens is 3. The molecular formula is C25H21F3N2O3S. The molecule has 1 heterocycles. The SMILES string of the molecule is CCOc1ccc(N2C(=O)CSC2c2cccc(NC(=O)c3cccc(C(F)(F)F)c3)c2)cc1. The van der Waals surface area contributed by atoms with Gasteiger partial charge in [0.1, 0.15) is 11.1 Å². The van der Waals surface area contributed by atoms with Gasteiger partial charge in [-0.1, -0.05) is 18.2 Å². The zero-order valence-corrected chi connectivity index (χ0v) is 19.0. The second kappa shape index (κ2) is 9.80. The molecule has 2 amide bonds. The van der Waals surface area contributed by atoms with Gasteiger partial charge in [0.2, 0.25) is 5.91 Å². The summed E-state index contributed by atoms with van der Waals surface area (Å²) in [7, 11) is 0. The van der Waals surface area contributed by atoms with Crippen LogP contribution in [-0.2, 0) is 11.0 Å². The molecule has 9 heteroatoms. The minimum Gasteiger partial charge on any atom is -0.494 e. The topological polar surface area (TPSA) is 58.6 Å². The van der Waals surface area contributed by atoms with Crippen molar-refractivity contribution in [2.24, 2.45) is 0 Å². The molecule has 1 aliphatic heterocycles. The normalized spacial score (nSPS) is 15.9. The number of carbonyl (C=O) groups is 2. The van der Waals surface area contributed by atoms with Crippen LogP contribution in [0.4, 0.5) is 24.5 Å². The van der Waals surface area contributed by atoms with Crippen LogP contribution in [0.15, 0.2) is 72.8 Å². The predicted octanol–water partition coefficient (Wildman–Crippen LogP) is 6.14. The third kappa shape index (κ3) is 5.20. The molecule has 0 saturated carbocycles. The van der Waals surface area contributed by atoms with Crippen LogP contribution >= 0.6 is 11.8 Å². The lowest BCUT2D eigenvalue weighted by molar-refractivity contribution is -0.137. The van der Waals surface area contributed by atoms with Gasteiger partial charge in [0, 0.05) is 16.9 Å². The lowest BCUT2D eigenvalue weighted by Gasteiger charge is -2.25. The summed E-state index contributed by atoms with van der Waals surface area (Å²) in [5.41, 5.74) is 0.947. The van der Waals surface area contributed by atoms with E-state index < -0.39 is 17.6 Å². The third-order valence-corrected chi connectivity index (χ3v) is 6.39. The zero-order chi connectivity index (χ0) is 24.3. The molecule has 1 fully saturated rings. The Morgan fingerprint density at radius 3 is 2.53 bits per heavy atom. The number of alkyl halides is 3. The molecule has 1 N–H and O–H groups in total. The molecule has 34 heavy (non-hydrogen) atoms. The number of benzene rings is 3. The van der Waals surface area contributed by atoms with Gasteiger partial charge in [-0.05, 0) is 67.1 Å². The molecule has 0 spiro atoms. The second-order valence-electron chi connectivity index (χ2n) is 7.51. The van der Waals surface area contributed by atoms with Gasteiger partial charge in [-0.2, -0.15) is 13.2 Å². The molecule has 3 aromatic carbocycles. The van der Waals surface area contributed by atoms with Crippen molar-refractivity contribution in [1.29, 1.82) is 0 Å². The molecular weight excluding hydrogens is 465 g/mol. The number of carbonyl (C=O) groups excluding carboxylic acids is 2. The van der Waals surface area contributed by atoms with Crippen molar-refractivity contribution in [3.63, 3.8) is 0 Å². The van der Waals surface area contributed by atoms with Gasteiger partial charge in [0.05, 0.1) is 17.9 Å². The van der Waals surface area contributed by atoms with Crippen molar-refractivity contribution in [1.82, 2.24) is 0 Å². The molecule has 0 aromatic heterocycles. The minimum atomic E-state index is -4.53. The number of thioether (sulfide) groups is 1. The van der Waals surface area contributed by atoms with Gasteiger partial charge >= 0.3 is 6.18 Å². The number of hydrogen-bond acceptors (Lipinski definition) is 4. The van der Waals surface area contributed by atoms with E-state index in [2.05, 4.69) is 5.32 Å². The summed E-state index contributed by atoms with van der Waals surface area (Å²) in [5, 5.41) is 2.34. The summed E-state index contributed by atoms with van der Waals surface area (Å²) in [6, 6.07) is 18.5. The van der Waals surface area contributed by atoms with Crippen molar-refractivity contribution in [3.8, 4) is 5.75 Å². The van der Waals surface area contributed by atoms with E-state index in [-0.39, 0.29) is 16.8 Å². The van der Waals surface area contributed by atoms with Crippen molar-refractivity contribution < 1.29 is 27.5 Å². The highest BCUT2D eigenvalue weighted by Gasteiger charge is 2.34. The molecule has 4 rings (SSSR count). The summed E-state index contributed by atoms with van der Waals surface area (Å²) in [5.74, 6) is 0.319. The number of nitrogens with one attached hydrogen (secondary N) is 1. The van der Waals surface area contributed by atoms with E-state index in [9.17, 15) is 22.8 Å². The van der Waals surface area contributed by atoms with Gasteiger partial charge in [-0.15, -0.1) is 11.8 Å². The van der Waals surface area contributed by atoms with E-state index in [4.69, 9.17) is 4.74 Å². The molecule has 1 atom stereocenters. The van der Waals surface area contributed by atoms with Crippen LogP contribution in [0.1, 0.15) is 33.8 Å². The quantitative estimate of drug-likeness (QED) is 0.455. The van der Waals surface area contributed by atoms with Crippen molar-refractivity contribution in [3.05, 3.63) is 89.5 Å². The van der Waals surface area contributed by atoms with Gasteiger partial charge in [-0.25, -0.2) is 0 Å². The van der Waals surface area contributed by atoms with E-state index in [0.29, 0.717) is 23.8 Å². The standard InChI is InChI=1S/C25H21F3N2O3S/c1-2-33-21-11-9-20(10-12-21)30-22(31)15-34-24(30)17-6-4-8-19(14-17)29-23(32)16-5-3-7-18(13-16)25(26,27)28/h3-14,24H,2,15H2,1H3,(H,29,32). The highest BCUT2D eigenvalue weighted by atomic mass is 32.2. The predicted molar refractivity (Wildman–Crippen MR) is 126 cm³/mol. The Balaban J connectivity index is 1.54. The first-order valence-corrected chi connectivity index (χ1v) is 11.6. The molecule has 1 aliphatic rings. The highest BCUT2D eigenvalue weighted by Crippen LogP contribution is 2.42. The fraction of sp³-hybridized carbons (Fsp3) is 0.200. The first kappa shape index (κ1) is 23.7. The van der Waals surface area contributed by atoms with E-state index in [1.54, 1.807) is 35.2 Å². The molecule has 0 radical (unpaired) electrons. The summed E-state index contributed by atoms with van der Waals surface area (Å²) in [6.07, 6.45) is -4.53. The van der Waals surface area contributed by atoms with Crippen molar-refractivity contribution >= 4 is 35.0 Å². The molecule has 0 aliphatic carbocycles. The monoisotopic (exact) mass is 486 g/mol. The van der Waals surface area contributed by atoms with E-state index in [1.807, 2.05) is 25.1 Å². The summed E-state index contributed by atoms with van der Waals surface area (Å²) in [4.78, 5) is 26.9. The van der Waals surface area contributed by atoms with Crippen LogP contribution in [-0.4, -0.2) is 24.2 Å². The molecule has 1 saturated heterocycles. The Labute approximate surface area is 198 Å². The van der Waals surface area contributed by atoms with Crippen LogP contribution < -0.4 is 15.0 Å². The Hall–Kier alpha value is -3.46. The van der Waals surface area contributed by atoms with Crippen molar-refractivity contribution in [2.45, 2.75) is 18.5 Å². The lowest BCUT2D eigenvalue weighted by atomic mass is 10.1. The van der Waals surface area contributed by atoms with Gasteiger partial charge in [-0.3, -0.25) is 14.5 Å². The lowest BCUT2D eigenvalue weighted by Crippen LogP contribution is -2.27. The Bertz CT molecular complexity index is 1200. The smallest absolute Gasteiger partial charge is 0.416 e.